The number of carbonyl (C=O) groups is 1. The molecule has 3 aromatic carbocycles. The van der Waals surface area contributed by atoms with Gasteiger partial charge in [0.15, 0.2) is 0 Å². The number of hydrogen-bond donors (Lipinski definition) is 2. The van der Waals surface area contributed by atoms with Crippen LogP contribution in [0, 0.1) is 0 Å². The van der Waals surface area contributed by atoms with Crippen LogP contribution in [-0.4, -0.2) is 47.1 Å². The van der Waals surface area contributed by atoms with Gasteiger partial charge in [0.2, 0.25) is 10.0 Å². The largest absolute Gasteiger partial charge is 0.497 e. The molecule has 0 saturated carbocycles. The van der Waals surface area contributed by atoms with Gasteiger partial charge in [-0.1, -0.05) is 42.5 Å². The number of methoxy groups -OCH3 is 1. The first-order chi connectivity index (χ1) is 17.0. The first-order valence-corrected chi connectivity index (χ1v) is 13.3. The monoisotopic (exact) mass is 493 g/mol. The molecule has 184 valence electrons. The maximum atomic E-state index is 13.0. The quantitative estimate of drug-likeness (QED) is 0.476. The van der Waals surface area contributed by atoms with Crippen molar-refractivity contribution in [1.82, 2.24) is 10.0 Å². The Morgan fingerprint density at radius 3 is 2.29 bits per heavy atom. The van der Waals surface area contributed by atoms with E-state index in [2.05, 4.69) is 14.9 Å². The topological polar surface area (TPSA) is 87.7 Å². The molecule has 0 radical (unpaired) electrons. The second-order valence-corrected chi connectivity index (χ2v) is 10.3. The van der Waals surface area contributed by atoms with Crippen molar-refractivity contribution in [1.29, 1.82) is 0 Å². The number of amides is 1. The van der Waals surface area contributed by atoms with Crippen molar-refractivity contribution in [2.75, 3.05) is 31.6 Å². The van der Waals surface area contributed by atoms with E-state index in [0.29, 0.717) is 38.0 Å². The molecule has 1 heterocycles. The van der Waals surface area contributed by atoms with Gasteiger partial charge in [-0.15, -0.1) is 0 Å². The molecule has 7 nitrogen and oxygen atoms in total. The highest BCUT2D eigenvalue weighted by Gasteiger charge is 2.26. The molecular formula is C27H31N3O4S. The van der Waals surface area contributed by atoms with Gasteiger partial charge in [0, 0.05) is 31.4 Å². The highest BCUT2D eigenvalue weighted by atomic mass is 32.2. The number of benzene rings is 3. The van der Waals surface area contributed by atoms with Gasteiger partial charge in [-0.05, 0) is 61.2 Å². The van der Waals surface area contributed by atoms with Crippen LogP contribution in [0.2, 0.25) is 0 Å². The van der Waals surface area contributed by atoms with Crippen molar-refractivity contribution in [3.8, 4) is 5.75 Å². The van der Waals surface area contributed by atoms with Crippen LogP contribution in [0.5, 0.6) is 5.75 Å². The van der Waals surface area contributed by atoms with E-state index >= 15 is 0 Å². The maximum absolute atomic E-state index is 13.0. The van der Waals surface area contributed by atoms with E-state index in [0.717, 1.165) is 23.4 Å². The third kappa shape index (κ3) is 6.41. The van der Waals surface area contributed by atoms with Crippen LogP contribution < -0.4 is 19.7 Å². The summed E-state index contributed by atoms with van der Waals surface area (Å²) < 4.78 is 33.3. The number of carbonyl (C=O) groups excluding carboxylic acids is 1. The zero-order valence-corrected chi connectivity index (χ0v) is 20.6. The van der Waals surface area contributed by atoms with Gasteiger partial charge in [-0.2, -0.15) is 0 Å². The van der Waals surface area contributed by atoms with Crippen LogP contribution in [0.3, 0.4) is 0 Å². The first kappa shape index (κ1) is 24.8. The Kier molecular flexibility index (Phi) is 8.05. The van der Waals surface area contributed by atoms with Crippen molar-refractivity contribution in [3.05, 3.63) is 90.0 Å². The van der Waals surface area contributed by atoms with Crippen molar-refractivity contribution in [3.63, 3.8) is 0 Å². The van der Waals surface area contributed by atoms with E-state index in [4.69, 9.17) is 4.74 Å². The number of piperidine rings is 1. The molecule has 0 aliphatic carbocycles. The van der Waals surface area contributed by atoms with Crippen LogP contribution in [0.15, 0.2) is 83.8 Å². The molecule has 0 bridgehead atoms. The zero-order valence-electron chi connectivity index (χ0n) is 19.8. The number of hydrogen-bond acceptors (Lipinski definition) is 5. The predicted octanol–water partition coefficient (Wildman–Crippen LogP) is 3.62. The third-order valence-corrected chi connectivity index (χ3v) is 7.75. The molecule has 1 aliphatic rings. The molecule has 1 saturated heterocycles. The normalized spacial score (nSPS) is 14.5. The van der Waals surface area contributed by atoms with Crippen LogP contribution in [0.25, 0.3) is 0 Å². The predicted molar refractivity (Wildman–Crippen MR) is 137 cm³/mol. The number of para-hydroxylation sites is 1. The molecule has 35 heavy (non-hydrogen) atoms. The molecule has 2 N–H and O–H groups in total. The second kappa shape index (κ2) is 11.4. The van der Waals surface area contributed by atoms with Crippen LogP contribution >= 0.6 is 0 Å². The van der Waals surface area contributed by atoms with E-state index < -0.39 is 10.0 Å². The van der Waals surface area contributed by atoms with Gasteiger partial charge in [-0.3, -0.25) is 4.79 Å². The van der Waals surface area contributed by atoms with E-state index in [1.54, 1.807) is 37.4 Å². The summed E-state index contributed by atoms with van der Waals surface area (Å²) in [5.74, 6) is 0.698. The molecule has 0 spiro atoms. The Morgan fingerprint density at radius 2 is 1.60 bits per heavy atom. The highest BCUT2D eigenvalue weighted by molar-refractivity contribution is 7.89. The Hall–Kier alpha value is -3.36. The average molecular weight is 494 g/mol. The number of ether oxygens (including phenoxy) is 1. The van der Waals surface area contributed by atoms with Crippen molar-refractivity contribution in [2.45, 2.75) is 30.2 Å². The standard InChI is InChI=1S/C27H31N3O4S/c1-34-23-13-11-21(12-14-23)15-18-28-27(31)25-9-5-6-10-26(25)30-19-16-22(17-20-30)29-35(32,33)24-7-3-2-4-8-24/h2-14,22,29H,15-20H2,1H3,(H,28,31). The average Bonchev–Trinajstić information content (AvgIpc) is 2.90. The third-order valence-electron chi connectivity index (χ3n) is 6.22. The summed E-state index contributed by atoms with van der Waals surface area (Å²) in [5.41, 5.74) is 2.63. The lowest BCUT2D eigenvalue weighted by Crippen LogP contribution is -2.45. The van der Waals surface area contributed by atoms with Crippen molar-refractivity contribution < 1.29 is 17.9 Å². The first-order valence-electron chi connectivity index (χ1n) is 11.8. The summed E-state index contributed by atoms with van der Waals surface area (Å²) in [7, 11) is -1.90. The number of nitrogens with zero attached hydrogens (tertiary/aromatic N) is 1. The Morgan fingerprint density at radius 1 is 0.943 bits per heavy atom. The minimum absolute atomic E-state index is 0.110. The summed E-state index contributed by atoms with van der Waals surface area (Å²) in [4.78, 5) is 15.4. The van der Waals surface area contributed by atoms with Crippen LogP contribution in [0.1, 0.15) is 28.8 Å². The van der Waals surface area contributed by atoms with Crippen molar-refractivity contribution in [2.24, 2.45) is 0 Å². The summed E-state index contributed by atoms with van der Waals surface area (Å²) in [5, 5.41) is 3.03. The maximum Gasteiger partial charge on any atom is 0.253 e. The Bertz CT molecular complexity index is 1220. The van der Waals surface area contributed by atoms with Crippen molar-refractivity contribution >= 4 is 21.6 Å². The molecule has 0 aromatic heterocycles. The van der Waals surface area contributed by atoms with E-state index in [-0.39, 0.29) is 16.8 Å². The van der Waals surface area contributed by atoms with Gasteiger partial charge in [0.25, 0.3) is 5.91 Å². The number of nitrogens with one attached hydrogen (secondary N) is 2. The Labute approximate surface area is 207 Å². The number of sulfonamides is 1. The van der Waals surface area contributed by atoms with Gasteiger partial charge >= 0.3 is 0 Å². The van der Waals surface area contributed by atoms with E-state index in [1.807, 2.05) is 48.5 Å². The molecule has 1 amide bonds. The molecule has 1 fully saturated rings. The second-order valence-electron chi connectivity index (χ2n) is 8.57. The van der Waals surface area contributed by atoms with Gasteiger partial charge in [0.05, 0.1) is 17.6 Å². The lowest BCUT2D eigenvalue weighted by Gasteiger charge is -2.34. The minimum atomic E-state index is -3.54. The molecule has 4 rings (SSSR count). The SMILES string of the molecule is COc1ccc(CCNC(=O)c2ccccc2N2CCC(NS(=O)(=O)c3ccccc3)CC2)cc1. The summed E-state index contributed by atoms with van der Waals surface area (Å²) in [6.45, 7) is 1.86. The fraction of sp³-hybridized carbons (Fsp3) is 0.296. The molecule has 8 heteroatoms. The van der Waals surface area contributed by atoms with E-state index in [1.165, 1.54) is 0 Å². The number of anilines is 1. The summed E-state index contributed by atoms with van der Waals surface area (Å²) >= 11 is 0. The fourth-order valence-electron chi connectivity index (χ4n) is 4.27. The van der Waals surface area contributed by atoms with E-state index in [9.17, 15) is 13.2 Å². The smallest absolute Gasteiger partial charge is 0.253 e. The highest BCUT2D eigenvalue weighted by Crippen LogP contribution is 2.25. The molecule has 0 atom stereocenters. The Balaban J connectivity index is 1.33. The minimum Gasteiger partial charge on any atom is -0.497 e. The van der Waals surface area contributed by atoms with Gasteiger partial charge in [-0.25, -0.2) is 13.1 Å². The molecule has 1 aliphatic heterocycles. The van der Waals surface area contributed by atoms with Gasteiger partial charge in [0.1, 0.15) is 5.75 Å². The molecule has 0 unspecified atom stereocenters. The summed E-state index contributed by atoms with van der Waals surface area (Å²) in [6, 6.07) is 23.7. The van der Waals surface area contributed by atoms with Gasteiger partial charge < -0.3 is 15.0 Å². The van der Waals surface area contributed by atoms with Crippen LogP contribution in [-0.2, 0) is 16.4 Å². The number of rotatable bonds is 9. The lowest BCUT2D eigenvalue weighted by molar-refractivity contribution is 0.0954. The molecule has 3 aromatic rings. The zero-order chi connectivity index (χ0) is 24.7. The summed E-state index contributed by atoms with van der Waals surface area (Å²) in [6.07, 6.45) is 2.06. The molecular weight excluding hydrogens is 462 g/mol. The fourth-order valence-corrected chi connectivity index (χ4v) is 5.60. The lowest BCUT2D eigenvalue weighted by atomic mass is 10.0. The van der Waals surface area contributed by atoms with Crippen LogP contribution in [0.4, 0.5) is 5.69 Å².